The Balaban J connectivity index is 1.68. The number of nitrogens with one attached hydrogen (secondary N) is 1. The number of carbonyl (C=O) groups excluding carboxylic acids is 1. The first kappa shape index (κ1) is 15.6. The molecule has 1 saturated heterocycles. The summed E-state index contributed by atoms with van der Waals surface area (Å²) < 4.78 is 5.45. The Hall–Kier alpha value is -1.75. The topological polar surface area (TPSA) is 67.6 Å². The van der Waals surface area contributed by atoms with Crippen LogP contribution in [0.1, 0.15) is 26.2 Å². The first-order valence-electron chi connectivity index (χ1n) is 7.67. The van der Waals surface area contributed by atoms with Crippen LogP contribution in [0.25, 0.3) is 0 Å². The number of nitrogens with two attached hydrogens (primary N) is 1. The van der Waals surface area contributed by atoms with Gasteiger partial charge >= 0.3 is 0 Å². The van der Waals surface area contributed by atoms with Crippen molar-refractivity contribution in [3.8, 4) is 5.75 Å². The summed E-state index contributed by atoms with van der Waals surface area (Å²) in [4.78, 5) is 14.3. The van der Waals surface area contributed by atoms with Gasteiger partial charge in [-0.1, -0.05) is 13.0 Å². The van der Waals surface area contributed by atoms with Crippen LogP contribution in [0, 0.1) is 0 Å². The van der Waals surface area contributed by atoms with E-state index in [0.717, 1.165) is 32.5 Å². The second-order valence-electron chi connectivity index (χ2n) is 5.54. The fourth-order valence-electron chi connectivity index (χ4n) is 2.64. The van der Waals surface area contributed by atoms with Gasteiger partial charge < -0.3 is 20.7 Å². The van der Waals surface area contributed by atoms with Crippen LogP contribution >= 0.6 is 0 Å². The molecule has 1 aliphatic rings. The van der Waals surface area contributed by atoms with E-state index >= 15 is 0 Å². The van der Waals surface area contributed by atoms with Crippen molar-refractivity contribution in [3.63, 3.8) is 0 Å². The van der Waals surface area contributed by atoms with Crippen LogP contribution in [0.2, 0.25) is 0 Å². The van der Waals surface area contributed by atoms with E-state index < -0.39 is 0 Å². The highest BCUT2D eigenvalue weighted by Crippen LogP contribution is 2.14. The lowest BCUT2D eigenvalue weighted by molar-refractivity contribution is -0.124. The molecule has 0 unspecified atom stereocenters. The molecule has 0 atom stereocenters. The van der Waals surface area contributed by atoms with Gasteiger partial charge in [-0.15, -0.1) is 0 Å². The third-order valence-corrected chi connectivity index (χ3v) is 3.72. The van der Waals surface area contributed by atoms with Gasteiger partial charge in [0.1, 0.15) is 5.75 Å². The van der Waals surface area contributed by atoms with Gasteiger partial charge in [-0.25, -0.2) is 0 Å². The van der Waals surface area contributed by atoms with Gasteiger partial charge in [0.15, 0.2) is 6.61 Å². The molecule has 5 nitrogen and oxygen atoms in total. The highest BCUT2D eigenvalue weighted by molar-refractivity contribution is 5.77. The Morgan fingerprint density at radius 2 is 2.19 bits per heavy atom. The van der Waals surface area contributed by atoms with E-state index in [1.807, 2.05) is 6.07 Å². The third kappa shape index (κ3) is 5.27. The minimum atomic E-state index is -0.0635. The summed E-state index contributed by atoms with van der Waals surface area (Å²) in [6.45, 7) is 5.52. The number of nitrogen functional groups attached to an aromatic ring is 1. The number of hydrogen-bond acceptors (Lipinski definition) is 4. The van der Waals surface area contributed by atoms with Crippen LogP contribution in [-0.2, 0) is 4.79 Å². The van der Waals surface area contributed by atoms with Crippen molar-refractivity contribution < 1.29 is 9.53 Å². The van der Waals surface area contributed by atoms with Crippen LogP contribution in [0.3, 0.4) is 0 Å². The normalized spacial score (nSPS) is 16.6. The zero-order valence-electron chi connectivity index (χ0n) is 12.7. The molecule has 1 fully saturated rings. The standard InChI is InChI=1S/C16H25N3O2/c1-2-8-19-9-6-14(7-10-19)18-16(20)12-21-15-5-3-4-13(17)11-15/h3-5,11,14H,2,6-10,12,17H2,1H3,(H,18,20). The summed E-state index contributed by atoms with van der Waals surface area (Å²) in [7, 11) is 0. The molecule has 1 aromatic rings. The molecule has 1 amide bonds. The molecule has 21 heavy (non-hydrogen) atoms. The van der Waals surface area contributed by atoms with E-state index in [0.29, 0.717) is 11.4 Å². The smallest absolute Gasteiger partial charge is 0.258 e. The van der Waals surface area contributed by atoms with Crippen LogP contribution in [0.4, 0.5) is 5.69 Å². The Morgan fingerprint density at radius 3 is 2.86 bits per heavy atom. The molecule has 0 saturated carbocycles. The number of benzene rings is 1. The second-order valence-corrected chi connectivity index (χ2v) is 5.54. The van der Waals surface area contributed by atoms with Gasteiger partial charge in [-0.2, -0.15) is 0 Å². The van der Waals surface area contributed by atoms with Crippen molar-refractivity contribution in [1.82, 2.24) is 10.2 Å². The molecule has 2 rings (SSSR count). The molecule has 0 aromatic heterocycles. The first-order valence-corrected chi connectivity index (χ1v) is 7.67. The maximum atomic E-state index is 11.9. The van der Waals surface area contributed by atoms with Crippen molar-refractivity contribution in [1.29, 1.82) is 0 Å². The van der Waals surface area contributed by atoms with Crippen LogP contribution in [0.15, 0.2) is 24.3 Å². The number of nitrogens with zero attached hydrogens (tertiary/aromatic N) is 1. The lowest BCUT2D eigenvalue weighted by Crippen LogP contribution is -2.46. The highest BCUT2D eigenvalue weighted by atomic mass is 16.5. The molecule has 1 aromatic carbocycles. The Labute approximate surface area is 126 Å². The number of anilines is 1. The second kappa shape index (κ2) is 7.88. The molecule has 1 aliphatic heterocycles. The largest absolute Gasteiger partial charge is 0.484 e. The predicted octanol–water partition coefficient (Wildman–Crippen LogP) is 1.64. The maximum absolute atomic E-state index is 11.9. The third-order valence-electron chi connectivity index (χ3n) is 3.72. The summed E-state index contributed by atoms with van der Waals surface area (Å²) in [6.07, 6.45) is 3.22. The van der Waals surface area contributed by atoms with E-state index in [1.165, 1.54) is 6.42 Å². The van der Waals surface area contributed by atoms with Gasteiger partial charge in [0.05, 0.1) is 0 Å². The summed E-state index contributed by atoms with van der Waals surface area (Å²) >= 11 is 0. The molecule has 0 bridgehead atoms. The molecule has 5 heteroatoms. The van der Waals surface area contributed by atoms with E-state index in [4.69, 9.17) is 10.5 Å². The van der Waals surface area contributed by atoms with Gasteiger partial charge in [-0.05, 0) is 37.9 Å². The molecule has 1 heterocycles. The summed E-state index contributed by atoms with van der Waals surface area (Å²) in [5.41, 5.74) is 6.30. The van der Waals surface area contributed by atoms with Crippen LogP contribution < -0.4 is 15.8 Å². The number of rotatable bonds is 6. The average molecular weight is 291 g/mol. The number of hydrogen-bond donors (Lipinski definition) is 2. The van der Waals surface area contributed by atoms with Gasteiger partial charge in [0.25, 0.3) is 5.91 Å². The molecule has 3 N–H and O–H groups in total. The molecule has 0 radical (unpaired) electrons. The molecular weight excluding hydrogens is 266 g/mol. The zero-order valence-corrected chi connectivity index (χ0v) is 12.7. The van der Waals surface area contributed by atoms with Crippen molar-refractivity contribution in [2.45, 2.75) is 32.2 Å². The van der Waals surface area contributed by atoms with Gasteiger partial charge in [-0.3, -0.25) is 4.79 Å². The minimum absolute atomic E-state index is 0.0403. The lowest BCUT2D eigenvalue weighted by Gasteiger charge is -2.32. The zero-order chi connectivity index (χ0) is 15.1. The quantitative estimate of drug-likeness (QED) is 0.782. The Bertz CT molecular complexity index is 457. The average Bonchev–Trinajstić information content (AvgIpc) is 2.48. The SMILES string of the molecule is CCCN1CCC(NC(=O)COc2cccc(N)c2)CC1. The van der Waals surface area contributed by atoms with Crippen molar-refractivity contribution in [2.24, 2.45) is 0 Å². The van der Waals surface area contributed by atoms with Crippen LogP contribution in [-0.4, -0.2) is 43.1 Å². The predicted molar refractivity (Wildman–Crippen MR) is 84.2 cm³/mol. The van der Waals surface area contributed by atoms with E-state index in [1.54, 1.807) is 18.2 Å². The molecule has 116 valence electrons. The molecule has 0 aliphatic carbocycles. The highest BCUT2D eigenvalue weighted by Gasteiger charge is 2.20. The Morgan fingerprint density at radius 1 is 1.43 bits per heavy atom. The van der Waals surface area contributed by atoms with E-state index in [-0.39, 0.29) is 18.6 Å². The van der Waals surface area contributed by atoms with Crippen molar-refractivity contribution in [2.75, 3.05) is 32.0 Å². The van der Waals surface area contributed by atoms with Crippen molar-refractivity contribution >= 4 is 11.6 Å². The summed E-state index contributed by atoms with van der Waals surface area (Å²) in [5, 5.41) is 3.04. The summed E-state index contributed by atoms with van der Waals surface area (Å²) in [6, 6.07) is 7.39. The minimum Gasteiger partial charge on any atom is -0.484 e. The monoisotopic (exact) mass is 291 g/mol. The number of piperidine rings is 1. The number of likely N-dealkylation sites (tertiary alicyclic amines) is 1. The summed E-state index contributed by atoms with van der Waals surface area (Å²) in [5.74, 6) is 0.564. The van der Waals surface area contributed by atoms with E-state index in [2.05, 4.69) is 17.1 Å². The van der Waals surface area contributed by atoms with Gasteiger partial charge in [0, 0.05) is 30.9 Å². The number of carbonyl (C=O) groups is 1. The number of amides is 1. The van der Waals surface area contributed by atoms with Crippen molar-refractivity contribution in [3.05, 3.63) is 24.3 Å². The maximum Gasteiger partial charge on any atom is 0.258 e. The Kier molecular flexibility index (Phi) is 5.87. The fourth-order valence-corrected chi connectivity index (χ4v) is 2.64. The van der Waals surface area contributed by atoms with Crippen LogP contribution in [0.5, 0.6) is 5.75 Å². The lowest BCUT2D eigenvalue weighted by atomic mass is 10.0. The molecular formula is C16H25N3O2. The van der Waals surface area contributed by atoms with Gasteiger partial charge in [0.2, 0.25) is 0 Å². The molecule has 0 spiro atoms. The number of ether oxygens (including phenoxy) is 1. The first-order chi connectivity index (χ1) is 10.2. The van der Waals surface area contributed by atoms with E-state index in [9.17, 15) is 4.79 Å². The fraction of sp³-hybridized carbons (Fsp3) is 0.562.